The quantitative estimate of drug-likeness (QED) is 0.438. The molecule has 124 valence electrons. The van der Waals surface area contributed by atoms with E-state index in [0.717, 1.165) is 0 Å². The predicted octanol–water partition coefficient (Wildman–Crippen LogP) is -1.63. The summed E-state index contributed by atoms with van der Waals surface area (Å²) >= 11 is 0. The monoisotopic (exact) mass is 316 g/mol. The van der Waals surface area contributed by atoms with Crippen LogP contribution in [0.3, 0.4) is 0 Å². The number of hydrogen-bond donors (Lipinski definition) is 5. The summed E-state index contributed by atoms with van der Waals surface area (Å²) in [6.07, 6.45) is -6.80. The molecule has 0 aliphatic carbocycles. The molecule has 1 aliphatic heterocycles. The molecule has 22 heavy (non-hydrogen) atoms. The van der Waals surface area contributed by atoms with Gasteiger partial charge in [-0.2, -0.15) is 0 Å². The highest BCUT2D eigenvalue weighted by Crippen LogP contribution is 2.31. The fourth-order valence-corrected chi connectivity index (χ4v) is 2.20. The molecule has 0 saturated carbocycles. The van der Waals surface area contributed by atoms with Crippen molar-refractivity contribution in [3.8, 4) is 11.5 Å². The molecule has 1 unspecified atom stereocenters. The summed E-state index contributed by atoms with van der Waals surface area (Å²) in [4.78, 5) is 0. The summed E-state index contributed by atoms with van der Waals surface area (Å²) in [6.45, 7) is -0.706. The highest BCUT2D eigenvalue weighted by molar-refractivity contribution is 5.42. The SMILES string of the molecule is COc1cc(CO)ccc1OC1O[C@H](CO)[C@@H](O)[C@H](O)[C@H]1O. The fraction of sp³-hybridized carbons (Fsp3) is 0.571. The number of ether oxygens (including phenoxy) is 3. The van der Waals surface area contributed by atoms with Crippen LogP contribution in [0.1, 0.15) is 5.56 Å². The van der Waals surface area contributed by atoms with Crippen LogP contribution < -0.4 is 9.47 Å². The number of benzene rings is 1. The van der Waals surface area contributed by atoms with Crippen LogP contribution in [0.2, 0.25) is 0 Å². The Bertz CT molecular complexity index is 492. The van der Waals surface area contributed by atoms with Gasteiger partial charge in [-0.25, -0.2) is 0 Å². The van der Waals surface area contributed by atoms with Crippen LogP contribution in [0.4, 0.5) is 0 Å². The zero-order valence-corrected chi connectivity index (χ0v) is 12.0. The minimum absolute atomic E-state index is 0.170. The second kappa shape index (κ2) is 7.23. The van der Waals surface area contributed by atoms with Crippen molar-refractivity contribution in [1.29, 1.82) is 0 Å². The Balaban J connectivity index is 2.18. The molecule has 2 rings (SSSR count). The van der Waals surface area contributed by atoms with Gasteiger partial charge in [-0.1, -0.05) is 6.07 Å². The molecule has 5 atom stereocenters. The molecule has 1 heterocycles. The maximum absolute atomic E-state index is 9.92. The summed E-state index contributed by atoms with van der Waals surface area (Å²) in [7, 11) is 1.41. The average Bonchev–Trinajstić information content (AvgIpc) is 2.55. The van der Waals surface area contributed by atoms with Gasteiger partial charge in [-0.15, -0.1) is 0 Å². The van der Waals surface area contributed by atoms with Gasteiger partial charge >= 0.3 is 0 Å². The number of hydrogen-bond acceptors (Lipinski definition) is 8. The van der Waals surface area contributed by atoms with E-state index in [0.29, 0.717) is 11.3 Å². The van der Waals surface area contributed by atoms with Crippen LogP contribution in [0.15, 0.2) is 18.2 Å². The third-order valence-corrected chi connectivity index (χ3v) is 3.50. The van der Waals surface area contributed by atoms with Gasteiger partial charge in [0.2, 0.25) is 6.29 Å². The maximum atomic E-state index is 9.92. The van der Waals surface area contributed by atoms with Crippen molar-refractivity contribution >= 4 is 0 Å². The first-order valence-electron chi connectivity index (χ1n) is 6.76. The van der Waals surface area contributed by atoms with Gasteiger partial charge in [0.25, 0.3) is 0 Å². The Kier molecular flexibility index (Phi) is 5.57. The molecule has 0 spiro atoms. The molecule has 8 heteroatoms. The first kappa shape index (κ1) is 16.9. The fourth-order valence-electron chi connectivity index (χ4n) is 2.20. The minimum Gasteiger partial charge on any atom is -0.493 e. The Morgan fingerprint density at radius 3 is 2.36 bits per heavy atom. The zero-order chi connectivity index (χ0) is 16.3. The summed E-state index contributed by atoms with van der Waals surface area (Å²) in [5.41, 5.74) is 0.609. The van der Waals surface area contributed by atoms with Crippen molar-refractivity contribution in [3.63, 3.8) is 0 Å². The van der Waals surface area contributed by atoms with Crippen LogP contribution >= 0.6 is 0 Å². The predicted molar refractivity (Wildman–Crippen MR) is 73.3 cm³/mol. The van der Waals surface area contributed by atoms with Gasteiger partial charge in [-0.05, 0) is 17.7 Å². The lowest BCUT2D eigenvalue weighted by Gasteiger charge is -2.39. The Labute approximate surface area is 127 Å². The van der Waals surface area contributed by atoms with Crippen LogP contribution in [-0.4, -0.2) is 70.0 Å². The second-order valence-corrected chi connectivity index (χ2v) is 4.96. The van der Waals surface area contributed by atoms with E-state index in [1.165, 1.54) is 13.2 Å². The Morgan fingerprint density at radius 1 is 1.05 bits per heavy atom. The van der Waals surface area contributed by atoms with Crippen LogP contribution in [0.5, 0.6) is 11.5 Å². The van der Waals surface area contributed by atoms with E-state index in [1.54, 1.807) is 12.1 Å². The largest absolute Gasteiger partial charge is 0.493 e. The van der Waals surface area contributed by atoms with Crippen molar-refractivity contribution in [3.05, 3.63) is 23.8 Å². The molecule has 1 aliphatic rings. The van der Waals surface area contributed by atoms with Crippen molar-refractivity contribution in [2.24, 2.45) is 0 Å². The molecule has 8 nitrogen and oxygen atoms in total. The number of methoxy groups -OCH3 is 1. The van der Waals surface area contributed by atoms with Crippen molar-refractivity contribution in [2.45, 2.75) is 37.3 Å². The summed E-state index contributed by atoms with van der Waals surface area (Å²) in [6, 6.07) is 4.67. The standard InChI is InChI=1S/C14H20O8/c1-20-9-4-7(5-15)2-3-8(9)21-14-13(19)12(18)11(17)10(6-16)22-14/h2-4,10-19H,5-6H2,1H3/t10-,11-,12+,13-,14?/m1/s1. The van der Waals surface area contributed by atoms with E-state index in [1.807, 2.05) is 0 Å². The smallest absolute Gasteiger partial charge is 0.229 e. The van der Waals surface area contributed by atoms with E-state index < -0.39 is 37.3 Å². The van der Waals surface area contributed by atoms with Crippen molar-refractivity contribution in [2.75, 3.05) is 13.7 Å². The van der Waals surface area contributed by atoms with Crippen molar-refractivity contribution < 1.29 is 39.7 Å². The molecular weight excluding hydrogens is 296 g/mol. The highest BCUT2D eigenvalue weighted by atomic mass is 16.7. The molecule has 0 amide bonds. The molecule has 1 fully saturated rings. The molecule has 0 aromatic heterocycles. The summed E-state index contributed by atoms with van der Waals surface area (Å²) in [5, 5.41) is 47.6. The average molecular weight is 316 g/mol. The third kappa shape index (κ3) is 3.32. The van der Waals surface area contributed by atoms with Crippen LogP contribution in [0.25, 0.3) is 0 Å². The summed E-state index contributed by atoms with van der Waals surface area (Å²) < 4.78 is 15.9. The lowest BCUT2D eigenvalue weighted by molar-refractivity contribution is -0.277. The Hall–Kier alpha value is -1.42. The number of rotatable bonds is 5. The van der Waals surface area contributed by atoms with E-state index >= 15 is 0 Å². The van der Waals surface area contributed by atoms with Gasteiger partial charge in [0, 0.05) is 0 Å². The van der Waals surface area contributed by atoms with E-state index in [4.69, 9.17) is 24.4 Å². The maximum Gasteiger partial charge on any atom is 0.229 e. The normalized spacial score (nSPS) is 31.8. The zero-order valence-electron chi connectivity index (χ0n) is 12.0. The minimum atomic E-state index is -1.52. The van der Waals surface area contributed by atoms with E-state index in [9.17, 15) is 15.3 Å². The van der Waals surface area contributed by atoms with Gasteiger partial charge in [0.05, 0.1) is 20.3 Å². The Morgan fingerprint density at radius 2 is 1.77 bits per heavy atom. The van der Waals surface area contributed by atoms with Crippen molar-refractivity contribution in [1.82, 2.24) is 0 Å². The van der Waals surface area contributed by atoms with Crippen LogP contribution in [-0.2, 0) is 11.3 Å². The molecule has 0 radical (unpaired) electrons. The number of aliphatic hydroxyl groups excluding tert-OH is 5. The lowest BCUT2D eigenvalue weighted by atomic mass is 9.99. The molecule has 5 N–H and O–H groups in total. The van der Waals surface area contributed by atoms with Gasteiger partial charge in [-0.3, -0.25) is 0 Å². The van der Waals surface area contributed by atoms with Gasteiger partial charge in [0.1, 0.15) is 24.4 Å². The van der Waals surface area contributed by atoms with E-state index in [2.05, 4.69) is 0 Å². The lowest BCUT2D eigenvalue weighted by Crippen LogP contribution is -2.60. The molecule has 0 bridgehead atoms. The first-order chi connectivity index (χ1) is 10.5. The highest BCUT2D eigenvalue weighted by Gasteiger charge is 2.44. The third-order valence-electron chi connectivity index (χ3n) is 3.50. The molecular formula is C14H20O8. The molecule has 1 saturated heterocycles. The topological polar surface area (TPSA) is 129 Å². The van der Waals surface area contributed by atoms with E-state index in [-0.39, 0.29) is 12.4 Å². The molecule has 1 aromatic rings. The van der Waals surface area contributed by atoms with Gasteiger partial charge in [0.15, 0.2) is 11.5 Å². The first-order valence-corrected chi connectivity index (χ1v) is 6.76. The second-order valence-electron chi connectivity index (χ2n) is 4.96. The molecule has 1 aromatic carbocycles. The van der Waals surface area contributed by atoms with Gasteiger partial charge < -0.3 is 39.7 Å². The number of aliphatic hydroxyl groups is 5. The summed E-state index contributed by atoms with van der Waals surface area (Å²) in [5.74, 6) is 0.535. The van der Waals surface area contributed by atoms with Crippen LogP contribution in [0, 0.1) is 0 Å².